The first-order valence-corrected chi connectivity index (χ1v) is 6.75. The first kappa shape index (κ1) is 11.2. The Morgan fingerprint density at radius 2 is 2.13 bits per heavy atom. The van der Waals surface area contributed by atoms with Crippen molar-refractivity contribution in [1.29, 1.82) is 0 Å². The number of thiazole rings is 1. The monoisotopic (exact) mass is 244 g/mol. The highest BCUT2D eigenvalue weighted by atomic mass is 35.5. The van der Waals surface area contributed by atoms with Gasteiger partial charge in [-0.15, -0.1) is 22.9 Å². The van der Waals surface area contributed by atoms with Gasteiger partial charge in [-0.3, -0.25) is 0 Å². The van der Waals surface area contributed by atoms with Crippen molar-refractivity contribution in [1.82, 2.24) is 4.98 Å². The number of nitrogens with zero attached hydrogens (tertiary/aromatic N) is 2. The summed E-state index contributed by atoms with van der Waals surface area (Å²) >= 11 is 7.97. The third-order valence-corrected chi connectivity index (χ3v) is 4.52. The Bertz CT molecular complexity index is 318. The van der Waals surface area contributed by atoms with Crippen LogP contribution in [0.4, 0.5) is 5.13 Å². The molecule has 1 unspecified atom stereocenters. The molecule has 0 amide bonds. The SMILES string of the molecule is Cc1nc(N2CCCC(Cl)CC2)sc1C. The summed E-state index contributed by atoms with van der Waals surface area (Å²) < 4.78 is 0. The summed E-state index contributed by atoms with van der Waals surface area (Å²) in [5.74, 6) is 0. The minimum Gasteiger partial charge on any atom is -0.348 e. The van der Waals surface area contributed by atoms with Gasteiger partial charge < -0.3 is 4.90 Å². The summed E-state index contributed by atoms with van der Waals surface area (Å²) in [6.07, 6.45) is 3.41. The smallest absolute Gasteiger partial charge is 0.185 e. The molecule has 1 aromatic rings. The maximum atomic E-state index is 6.17. The Morgan fingerprint density at radius 3 is 2.80 bits per heavy atom. The van der Waals surface area contributed by atoms with E-state index in [9.17, 15) is 0 Å². The molecule has 1 aliphatic heterocycles. The van der Waals surface area contributed by atoms with Crippen LogP contribution >= 0.6 is 22.9 Å². The fraction of sp³-hybridized carbons (Fsp3) is 0.727. The van der Waals surface area contributed by atoms with Crippen LogP contribution < -0.4 is 4.90 Å². The average molecular weight is 245 g/mol. The van der Waals surface area contributed by atoms with E-state index in [-0.39, 0.29) is 0 Å². The molecule has 2 heterocycles. The van der Waals surface area contributed by atoms with Gasteiger partial charge in [-0.25, -0.2) is 4.98 Å². The Morgan fingerprint density at radius 1 is 1.33 bits per heavy atom. The molecule has 0 N–H and O–H groups in total. The van der Waals surface area contributed by atoms with Crippen molar-refractivity contribution in [2.45, 2.75) is 38.5 Å². The Labute approximate surface area is 100 Å². The molecule has 84 valence electrons. The average Bonchev–Trinajstić information content (AvgIpc) is 2.41. The molecular weight excluding hydrogens is 228 g/mol. The first-order valence-electron chi connectivity index (χ1n) is 5.50. The maximum Gasteiger partial charge on any atom is 0.185 e. The van der Waals surface area contributed by atoms with E-state index in [0.29, 0.717) is 5.38 Å². The molecule has 4 heteroatoms. The molecule has 0 spiro atoms. The Kier molecular flexibility index (Phi) is 3.52. The zero-order chi connectivity index (χ0) is 10.8. The lowest BCUT2D eigenvalue weighted by molar-refractivity contribution is 0.735. The summed E-state index contributed by atoms with van der Waals surface area (Å²) in [6.45, 7) is 6.38. The normalized spacial score (nSPS) is 22.9. The van der Waals surface area contributed by atoms with Crippen molar-refractivity contribution >= 4 is 28.1 Å². The lowest BCUT2D eigenvalue weighted by atomic mass is 10.2. The van der Waals surface area contributed by atoms with Crippen molar-refractivity contribution in [2.24, 2.45) is 0 Å². The minimum absolute atomic E-state index is 0.358. The van der Waals surface area contributed by atoms with Gasteiger partial charge in [0.1, 0.15) is 0 Å². The third kappa shape index (κ3) is 2.64. The number of hydrogen-bond acceptors (Lipinski definition) is 3. The molecule has 0 aromatic carbocycles. The topological polar surface area (TPSA) is 16.1 Å². The zero-order valence-corrected chi connectivity index (χ0v) is 10.9. The highest BCUT2D eigenvalue weighted by Gasteiger charge is 2.17. The molecule has 1 aliphatic rings. The number of aromatic nitrogens is 1. The van der Waals surface area contributed by atoms with Crippen molar-refractivity contribution in [3.8, 4) is 0 Å². The van der Waals surface area contributed by atoms with Gasteiger partial charge in [0.05, 0.1) is 5.69 Å². The van der Waals surface area contributed by atoms with E-state index in [2.05, 4.69) is 23.7 Å². The van der Waals surface area contributed by atoms with E-state index in [4.69, 9.17) is 11.6 Å². The molecule has 1 atom stereocenters. The predicted molar refractivity (Wildman–Crippen MR) is 67.3 cm³/mol. The van der Waals surface area contributed by atoms with Gasteiger partial charge in [-0.05, 0) is 33.1 Å². The lowest BCUT2D eigenvalue weighted by Gasteiger charge is -2.18. The van der Waals surface area contributed by atoms with E-state index in [1.807, 2.05) is 0 Å². The largest absolute Gasteiger partial charge is 0.348 e. The number of anilines is 1. The zero-order valence-electron chi connectivity index (χ0n) is 9.29. The van der Waals surface area contributed by atoms with Crippen LogP contribution in [0.3, 0.4) is 0 Å². The van der Waals surface area contributed by atoms with Crippen LogP contribution in [0.25, 0.3) is 0 Å². The second kappa shape index (κ2) is 4.71. The fourth-order valence-electron chi connectivity index (χ4n) is 1.84. The van der Waals surface area contributed by atoms with E-state index < -0.39 is 0 Å². The van der Waals surface area contributed by atoms with Crippen molar-refractivity contribution in [3.63, 3.8) is 0 Å². The Balaban J connectivity index is 2.09. The molecule has 0 radical (unpaired) electrons. The third-order valence-electron chi connectivity index (χ3n) is 2.95. The van der Waals surface area contributed by atoms with Gasteiger partial charge in [0.2, 0.25) is 0 Å². The van der Waals surface area contributed by atoms with Crippen LogP contribution in [0.5, 0.6) is 0 Å². The van der Waals surface area contributed by atoms with Crippen LogP contribution in [0.15, 0.2) is 0 Å². The van der Waals surface area contributed by atoms with Crippen molar-refractivity contribution in [3.05, 3.63) is 10.6 Å². The van der Waals surface area contributed by atoms with Gasteiger partial charge in [0, 0.05) is 23.3 Å². The van der Waals surface area contributed by atoms with Crippen LogP contribution in [-0.4, -0.2) is 23.5 Å². The summed E-state index contributed by atoms with van der Waals surface area (Å²) in [5.41, 5.74) is 1.17. The van der Waals surface area contributed by atoms with Crippen molar-refractivity contribution < 1.29 is 0 Å². The molecule has 0 bridgehead atoms. The maximum absolute atomic E-state index is 6.17. The first-order chi connectivity index (χ1) is 7.16. The molecule has 0 saturated carbocycles. The van der Waals surface area contributed by atoms with E-state index in [0.717, 1.165) is 25.9 Å². The van der Waals surface area contributed by atoms with Gasteiger partial charge in [-0.2, -0.15) is 0 Å². The summed E-state index contributed by atoms with van der Waals surface area (Å²) in [4.78, 5) is 8.31. The highest BCUT2D eigenvalue weighted by molar-refractivity contribution is 7.15. The fourth-order valence-corrected chi connectivity index (χ4v) is 3.05. The molecule has 1 fully saturated rings. The van der Waals surface area contributed by atoms with E-state index in [1.165, 1.54) is 22.1 Å². The highest BCUT2D eigenvalue weighted by Crippen LogP contribution is 2.27. The second-order valence-electron chi connectivity index (χ2n) is 4.15. The summed E-state index contributed by atoms with van der Waals surface area (Å²) in [5, 5.41) is 1.54. The van der Waals surface area contributed by atoms with E-state index in [1.54, 1.807) is 11.3 Å². The van der Waals surface area contributed by atoms with Crippen LogP contribution in [0.2, 0.25) is 0 Å². The van der Waals surface area contributed by atoms with Crippen LogP contribution in [0, 0.1) is 13.8 Å². The molecule has 0 aliphatic carbocycles. The number of rotatable bonds is 1. The van der Waals surface area contributed by atoms with Gasteiger partial charge in [0.25, 0.3) is 0 Å². The van der Waals surface area contributed by atoms with Crippen LogP contribution in [0.1, 0.15) is 29.8 Å². The quantitative estimate of drug-likeness (QED) is 0.705. The minimum atomic E-state index is 0.358. The van der Waals surface area contributed by atoms with Gasteiger partial charge in [-0.1, -0.05) is 0 Å². The molecule has 2 rings (SSSR count). The summed E-state index contributed by atoms with van der Waals surface area (Å²) in [6, 6.07) is 0. The van der Waals surface area contributed by atoms with Gasteiger partial charge >= 0.3 is 0 Å². The number of halogens is 1. The molecule has 1 saturated heterocycles. The molecule has 15 heavy (non-hydrogen) atoms. The number of aryl methyl sites for hydroxylation is 2. The summed E-state index contributed by atoms with van der Waals surface area (Å²) in [7, 11) is 0. The molecule has 2 nitrogen and oxygen atoms in total. The lowest BCUT2D eigenvalue weighted by Crippen LogP contribution is -2.24. The molecule has 1 aromatic heterocycles. The second-order valence-corrected chi connectivity index (χ2v) is 5.95. The van der Waals surface area contributed by atoms with Crippen molar-refractivity contribution in [2.75, 3.05) is 18.0 Å². The Hall–Kier alpha value is -0.280. The van der Waals surface area contributed by atoms with Gasteiger partial charge in [0.15, 0.2) is 5.13 Å². The van der Waals surface area contributed by atoms with Crippen LogP contribution in [-0.2, 0) is 0 Å². The molecular formula is C11H17ClN2S. The standard InChI is InChI=1S/C11H17ClN2S/c1-8-9(2)15-11(13-8)14-6-3-4-10(12)5-7-14/h10H,3-7H2,1-2H3. The number of hydrogen-bond donors (Lipinski definition) is 0. The number of alkyl halides is 1. The predicted octanol–water partition coefficient (Wildman–Crippen LogP) is 3.36. The van der Waals surface area contributed by atoms with E-state index >= 15 is 0 Å².